The molecule has 3 amide bonds. The summed E-state index contributed by atoms with van der Waals surface area (Å²) < 4.78 is 5.30. The number of thiazole rings is 1. The van der Waals surface area contributed by atoms with E-state index in [9.17, 15) is 14.4 Å². The lowest BCUT2D eigenvalue weighted by atomic mass is 10.1. The van der Waals surface area contributed by atoms with E-state index in [-0.39, 0.29) is 17.4 Å². The van der Waals surface area contributed by atoms with E-state index in [0.717, 1.165) is 16.2 Å². The summed E-state index contributed by atoms with van der Waals surface area (Å²) >= 11 is 8.62. The number of methoxy groups -OCH3 is 1. The predicted octanol–water partition coefficient (Wildman–Crippen LogP) is 7.61. The second-order valence-corrected chi connectivity index (χ2v) is 11.9. The van der Waals surface area contributed by atoms with Crippen LogP contribution in [0.15, 0.2) is 119 Å². The normalized spacial score (nSPS) is 11.0. The Morgan fingerprint density at radius 3 is 2.47 bits per heavy atom. The van der Waals surface area contributed by atoms with Gasteiger partial charge in [0.1, 0.15) is 11.4 Å². The molecule has 0 radical (unpaired) electrons. The third-order valence-corrected chi connectivity index (χ3v) is 8.29. The Balaban J connectivity index is 1.23. The highest BCUT2D eigenvalue weighted by molar-refractivity contribution is 8.00. The molecule has 8 nitrogen and oxygen atoms in total. The van der Waals surface area contributed by atoms with Crippen molar-refractivity contribution in [3.63, 3.8) is 0 Å². The van der Waals surface area contributed by atoms with E-state index in [2.05, 4.69) is 20.9 Å². The maximum Gasteiger partial charge on any atom is 0.272 e. The summed E-state index contributed by atoms with van der Waals surface area (Å²) in [6, 6.07) is 30.2. The second kappa shape index (κ2) is 15.2. The molecule has 0 aliphatic carbocycles. The lowest BCUT2D eigenvalue weighted by Gasteiger charge is -2.12. The first-order valence-electron chi connectivity index (χ1n) is 13.6. The topological polar surface area (TPSA) is 109 Å². The number of hydrogen-bond donors (Lipinski definition) is 3. The van der Waals surface area contributed by atoms with E-state index in [1.165, 1.54) is 23.1 Å². The molecule has 0 fully saturated rings. The van der Waals surface area contributed by atoms with Gasteiger partial charge in [-0.05, 0) is 66.2 Å². The molecule has 226 valence electrons. The van der Waals surface area contributed by atoms with Crippen LogP contribution in [0.2, 0.25) is 5.02 Å². The van der Waals surface area contributed by atoms with E-state index in [1.807, 2.05) is 29.6 Å². The van der Waals surface area contributed by atoms with Gasteiger partial charge in [0.25, 0.3) is 11.8 Å². The summed E-state index contributed by atoms with van der Waals surface area (Å²) in [6.45, 7) is 0. The molecule has 0 spiro atoms. The highest BCUT2D eigenvalue weighted by atomic mass is 35.5. The van der Waals surface area contributed by atoms with Crippen LogP contribution in [-0.2, 0) is 9.59 Å². The number of amides is 3. The number of carbonyl (C=O) groups excluding carboxylic acids is 3. The van der Waals surface area contributed by atoms with Gasteiger partial charge in [-0.1, -0.05) is 60.1 Å². The van der Waals surface area contributed by atoms with Crippen molar-refractivity contribution < 1.29 is 19.1 Å². The molecule has 45 heavy (non-hydrogen) atoms. The predicted molar refractivity (Wildman–Crippen MR) is 182 cm³/mol. The van der Waals surface area contributed by atoms with E-state index in [4.69, 9.17) is 16.3 Å². The largest absolute Gasteiger partial charge is 0.497 e. The zero-order chi connectivity index (χ0) is 31.6. The highest BCUT2D eigenvalue weighted by Crippen LogP contribution is 2.27. The average Bonchev–Trinajstić information content (AvgIpc) is 3.52. The number of hydrogen-bond acceptors (Lipinski definition) is 7. The number of anilines is 2. The number of carbonyl (C=O) groups is 3. The van der Waals surface area contributed by atoms with Crippen molar-refractivity contribution in [3.05, 3.63) is 130 Å². The molecule has 1 aromatic heterocycles. The van der Waals surface area contributed by atoms with E-state index in [0.29, 0.717) is 32.7 Å². The third kappa shape index (κ3) is 9.05. The number of ether oxygens (including phenoxy) is 1. The minimum Gasteiger partial charge on any atom is -0.497 e. The van der Waals surface area contributed by atoms with Crippen LogP contribution < -0.4 is 20.7 Å². The fourth-order valence-corrected chi connectivity index (χ4v) is 5.71. The van der Waals surface area contributed by atoms with Crippen molar-refractivity contribution in [3.8, 4) is 17.0 Å². The lowest BCUT2D eigenvalue weighted by Crippen LogP contribution is -2.30. The van der Waals surface area contributed by atoms with Gasteiger partial charge < -0.3 is 20.7 Å². The molecule has 0 atom stereocenters. The number of nitrogens with zero attached hydrogens (tertiary/aromatic N) is 1. The van der Waals surface area contributed by atoms with Gasteiger partial charge in [-0.25, -0.2) is 4.98 Å². The first kappa shape index (κ1) is 31.5. The summed E-state index contributed by atoms with van der Waals surface area (Å²) in [5.74, 6) is -0.387. The van der Waals surface area contributed by atoms with Crippen LogP contribution in [0.1, 0.15) is 15.9 Å². The summed E-state index contributed by atoms with van der Waals surface area (Å²) in [5, 5.41) is 11.4. The SMILES string of the molecule is COc1cccc(/C=C(\NC(=O)c2ccccc2)C(=O)Nc2cccc(SCC(=O)Nc3nc(-c4ccc(Cl)cc4)cs3)c2)c1. The molecule has 5 aromatic rings. The standard InChI is InChI=1S/C34H27ClN4O4S2/c1-43-27-11-5-7-22(17-27)18-29(37-32(41)24-8-3-2-4-9-24)33(42)36-26-10-6-12-28(19-26)44-21-31(40)39-34-38-30(20-45-34)23-13-15-25(35)16-14-23/h2-20H,21H2,1H3,(H,36,42)(H,37,41)(H,38,39,40)/b29-18-. The van der Waals surface area contributed by atoms with E-state index in [1.54, 1.807) is 92.0 Å². The number of aromatic nitrogens is 1. The van der Waals surface area contributed by atoms with Crippen LogP contribution >= 0.6 is 34.7 Å². The first-order chi connectivity index (χ1) is 21.9. The minimum atomic E-state index is -0.512. The van der Waals surface area contributed by atoms with E-state index < -0.39 is 11.8 Å². The number of halogens is 1. The van der Waals surface area contributed by atoms with Gasteiger partial charge in [0, 0.05) is 32.1 Å². The quantitative estimate of drug-likeness (QED) is 0.0999. The zero-order valence-electron chi connectivity index (χ0n) is 24.0. The fraction of sp³-hybridized carbons (Fsp3) is 0.0588. The van der Waals surface area contributed by atoms with Crippen LogP contribution in [0.4, 0.5) is 10.8 Å². The summed E-state index contributed by atoms with van der Waals surface area (Å²) in [6.07, 6.45) is 1.58. The van der Waals surface area contributed by atoms with Gasteiger partial charge >= 0.3 is 0 Å². The van der Waals surface area contributed by atoms with E-state index >= 15 is 0 Å². The number of benzene rings is 4. The molecule has 0 saturated heterocycles. The molecule has 0 bridgehead atoms. The molecule has 0 saturated carbocycles. The molecule has 1 heterocycles. The Hall–Kier alpha value is -4.90. The monoisotopic (exact) mass is 654 g/mol. The molecule has 11 heteroatoms. The van der Waals surface area contributed by atoms with Gasteiger partial charge in [0.05, 0.1) is 18.6 Å². The molecule has 0 unspecified atom stereocenters. The molecule has 0 aliphatic heterocycles. The van der Waals surface area contributed by atoms with Gasteiger partial charge in [-0.3, -0.25) is 14.4 Å². The number of thioether (sulfide) groups is 1. The van der Waals surface area contributed by atoms with Crippen LogP contribution in [0, 0.1) is 0 Å². The molecule has 3 N–H and O–H groups in total. The summed E-state index contributed by atoms with van der Waals surface area (Å²) in [7, 11) is 1.56. The van der Waals surface area contributed by atoms with Crippen molar-refractivity contribution in [2.45, 2.75) is 4.90 Å². The fourth-order valence-electron chi connectivity index (χ4n) is 4.09. The first-order valence-corrected chi connectivity index (χ1v) is 15.9. The Morgan fingerprint density at radius 2 is 1.69 bits per heavy atom. The van der Waals surface area contributed by atoms with Crippen molar-refractivity contribution in [2.24, 2.45) is 0 Å². The summed E-state index contributed by atoms with van der Waals surface area (Å²) in [4.78, 5) is 44.3. The van der Waals surface area contributed by atoms with Crippen molar-refractivity contribution in [1.82, 2.24) is 10.3 Å². The Labute approximate surface area is 273 Å². The number of rotatable bonds is 11. The van der Waals surface area contributed by atoms with Crippen LogP contribution in [0.5, 0.6) is 5.75 Å². The van der Waals surface area contributed by atoms with Gasteiger partial charge in [-0.2, -0.15) is 0 Å². The van der Waals surface area contributed by atoms with Gasteiger partial charge in [0.15, 0.2) is 5.13 Å². The van der Waals surface area contributed by atoms with Gasteiger partial charge in [-0.15, -0.1) is 23.1 Å². The third-order valence-electron chi connectivity index (χ3n) is 6.29. The maximum atomic E-state index is 13.4. The Bertz CT molecular complexity index is 1840. The molecular formula is C34H27ClN4O4S2. The molecule has 5 rings (SSSR count). The smallest absolute Gasteiger partial charge is 0.272 e. The Morgan fingerprint density at radius 1 is 0.911 bits per heavy atom. The summed E-state index contributed by atoms with van der Waals surface area (Å²) in [5.41, 5.74) is 3.30. The number of nitrogens with one attached hydrogen (secondary N) is 3. The van der Waals surface area contributed by atoms with Gasteiger partial charge in [0.2, 0.25) is 5.91 Å². The molecule has 0 aliphatic rings. The van der Waals surface area contributed by atoms with Crippen LogP contribution in [0.3, 0.4) is 0 Å². The van der Waals surface area contributed by atoms with Crippen LogP contribution in [0.25, 0.3) is 17.3 Å². The van der Waals surface area contributed by atoms with Crippen molar-refractivity contribution in [2.75, 3.05) is 23.5 Å². The zero-order valence-corrected chi connectivity index (χ0v) is 26.3. The van der Waals surface area contributed by atoms with Crippen molar-refractivity contribution in [1.29, 1.82) is 0 Å². The average molecular weight is 655 g/mol. The lowest BCUT2D eigenvalue weighted by molar-refractivity contribution is -0.114. The van der Waals surface area contributed by atoms with Crippen LogP contribution in [-0.4, -0.2) is 35.6 Å². The minimum absolute atomic E-state index is 0.0518. The molecule has 4 aromatic carbocycles. The Kier molecular flexibility index (Phi) is 10.7. The van der Waals surface area contributed by atoms with Crippen molar-refractivity contribution >= 4 is 69.3 Å². The maximum absolute atomic E-state index is 13.4. The highest BCUT2D eigenvalue weighted by Gasteiger charge is 2.16. The molecular weight excluding hydrogens is 628 g/mol. The second-order valence-electron chi connectivity index (χ2n) is 9.52.